The quantitative estimate of drug-likeness (QED) is 0.790. The zero-order chi connectivity index (χ0) is 17.9. The Kier molecular flexibility index (Phi) is 4.04. The molecular weight excluding hydrogens is 326 g/mol. The lowest BCUT2D eigenvalue weighted by molar-refractivity contribution is 0.0989. The van der Waals surface area contributed by atoms with Crippen LogP contribution in [-0.2, 0) is 6.42 Å². The van der Waals surface area contributed by atoms with Gasteiger partial charge in [-0.25, -0.2) is 4.98 Å². The van der Waals surface area contributed by atoms with Gasteiger partial charge in [0.1, 0.15) is 11.9 Å². The maximum absolute atomic E-state index is 12.7. The van der Waals surface area contributed by atoms with Crippen LogP contribution in [0.25, 0.3) is 0 Å². The van der Waals surface area contributed by atoms with Gasteiger partial charge in [-0.05, 0) is 54.4 Å². The first-order valence-corrected chi connectivity index (χ1v) is 8.23. The standard InChI is InChI=1S/C20H15N5O/c21-12-15-3-2-9-23-19(15)24-17-5-6-18-14(11-17)7-10-25(18)20(26)16-4-1-8-22-13-16/h1-6,8-9,11,13H,7,10H2,(H,23,24). The van der Waals surface area contributed by atoms with Crippen LogP contribution in [-0.4, -0.2) is 22.4 Å². The van der Waals surface area contributed by atoms with E-state index in [1.165, 1.54) is 0 Å². The molecule has 4 rings (SSSR count). The minimum atomic E-state index is -0.0472. The lowest BCUT2D eigenvalue weighted by Gasteiger charge is -2.17. The molecule has 1 aliphatic rings. The molecule has 6 heteroatoms. The zero-order valence-electron chi connectivity index (χ0n) is 13.9. The Hall–Kier alpha value is -3.72. The van der Waals surface area contributed by atoms with Crippen molar-refractivity contribution in [2.45, 2.75) is 6.42 Å². The number of carbonyl (C=O) groups is 1. The van der Waals surface area contributed by atoms with Gasteiger partial charge in [0.15, 0.2) is 0 Å². The fourth-order valence-electron chi connectivity index (χ4n) is 3.07. The molecule has 126 valence electrons. The summed E-state index contributed by atoms with van der Waals surface area (Å²) in [7, 11) is 0. The number of carbonyl (C=O) groups excluding carboxylic acids is 1. The maximum Gasteiger partial charge on any atom is 0.259 e. The summed E-state index contributed by atoms with van der Waals surface area (Å²) in [5, 5.41) is 12.4. The monoisotopic (exact) mass is 341 g/mol. The minimum absolute atomic E-state index is 0.0472. The van der Waals surface area contributed by atoms with Crippen LogP contribution in [0.15, 0.2) is 61.1 Å². The molecule has 0 saturated heterocycles. The van der Waals surface area contributed by atoms with Gasteiger partial charge >= 0.3 is 0 Å². The summed E-state index contributed by atoms with van der Waals surface area (Å²) in [4.78, 5) is 22.7. The Balaban J connectivity index is 1.59. The van der Waals surface area contributed by atoms with Crippen molar-refractivity contribution < 1.29 is 4.79 Å². The van der Waals surface area contributed by atoms with Gasteiger partial charge in [-0.1, -0.05) is 0 Å². The number of amides is 1. The number of benzene rings is 1. The summed E-state index contributed by atoms with van der Waals surface area (Å²) in [5.41, 5.74) is 3.90. The van der Waals surface area contributed by atoms with Crippen LogP contribution in [0.1, 0.15) is 21.5 Å². The summed E-state index contributed by atoms with van der Waals surface area (Å²) in [6.07, 6.45) is 5.66. The summed E-state index contributed by atoms with van der Waals surface area (Å²) in [6, 6.07) is 14.9. The van der Waals surface area contributed by atoms with Crippen molar-refractivity contribution >= 4 is 23.1 Å². The molecule has 0 fully saturated rings. The Bertz CT molecular complexity index is 1010. The number of nitrogens with one attached hydrogen (secondary N) is 1. The number of anilines is 3. The van der Waals surface area contributed by atoms with E-state index in [0.717, 1.165) is 23.4 Å². The number of rotatable bonds is 3. The minimum Gasteiger partial charge on any atom is -0.339 e. The molecule has 0 aliphatic carbocycles. The third kappa shape index (κ3) is 2.87. The van der Waals surface area contributed by atoms with Crippen molar-refractivity contribution in [3.8, 4) is 6.07 Å². The summed E-state index contributed by atoms with van der Waals surface area (Å²) in [6.45, 7) is 0.638. The predicted molar refractivity (Wildman–Crippen MR) is 98.3 cm³/mol. The molecule has 0 saturated carbocycles. The zero-order valence-corrected chi connectivity index (χ0v) is 13.9. The highest BCUT2D eigenvalue weighted by Gasteiger charge is 2.25. The molecule has 3 aromatic rings. The van der Waals surface area contributed by atoms with E-state index in [0.29, 0.717) is 23.5 Å². The van der Waals surface area contributed by atoms with E-state index in [2.05, 4.69) is 21.4 Å². The number of nitrogens with zero attached hydrogens (tertiary/aromatic N) is 4. The normalized spacial score (nSPS) is 12.3. The lowest BCUT2D eigenvalue weighted by atomic mass is 10.1. The van der Waals surface area contributed by atoms with Crippen molar-refractivity contribution in [3.05, 3.63) is 77.7 Å². The highest BCUT2D eigenvalue weighted by atomic mass is 16.2. The molecule has 0 bridgehead atoms. The molecule has 3 heterocycles. The van der Waals surface area contributed by atoms with Crippen molar-refractivity contribution in [1.82, 2.24) is 9.97 Å². The molecule has 1 aromatic carbocycles. The summed E-state index contributed by atoms with van der Waals surface area (Å²) >= 11 is 0. The number of fused-ring (bicyclic) bond motifs is 1. The second-order valence-electron chi connectivity index (χ2n) is 5.93. The van der Waals surface area contributed by atoms with Gasteiger partial charge in [0.2, 0.25) is 0 Å². The van der Waals surface area contributed by atoms with E-state index in [4.69, 9.17) is 0 Å². The first-order valence-electron chi connectivity index (χ1n) is 8.23. The van der Waals surface area contributed by atoms with Gasteiger partial charge in [0, 0.05) is 36.5 Å². The third-order valence-electron chi connectivity index (χ3n) is 4.32. The smallest absolute Gasteiger partial charge is 0.259 e. The van der Waals surface area contributed by atoms with E-state index in [1.807, 2.05) is 18.2 Å². The Morgan fingerprint density at radius 3 is 2.88 bits per heavy atom. The summed E-state index contributed by atoms with van der Waals surface area (Å²) < 4.78 is 0. The number of pyridine rings is 2. The van der Waals surface area contributed by atoms with Crippen LogP contribution in [0, 0.1) is 11.3 Å². The molecule has 0 unspecified atom stereocenters. The molecule has 0 spiro atoms. The van der Waals surface area contributed by atoms with Gasteiger partial charge in [0.25, 0.3) is 5.91 Å². The molecule has 1 N–H and O–H groups in total. The van der Waals surface area contributed by atoms with Gasteiger partial charge in [0.05, 0.1) is 11.1 Å². The van der Waals surface area contributed by atoms with Crippen LogP contribution in [0.2, 0.25) is 0 Å². The predicted octanol–water partition coefficient (Wildman–Crippen LogP) is 3.29. The second-order valence-corrected chi connectivity index (χ2v) is 5.93. The fraction of sp³-hybridized carbons (Fsp3) is 0.100. The lowest BCUT2D eigenvalue weighted by Crippen LogP contribution is -2.28. The van der Waals surface area contributed by atoms with Crippen LogP contribution in [0.3, 0.4) is 0 Å². The van der Waals surface area contributed by atoms with Gasteiger partial charge < -0.3 is 10.2 Å². The highest BCUT2D eigenvalue weighted by Crippen LogP contribution is 2.32. The molecule has 6 nitrogen and oxygen atoms in total. The molecule has 0 radical (unpaired) electrons. The number of nitriles is 1. The van der Waals surface area contributed by atoms with Gasteiger partial charge in [-0.3, -0.25) is 9.78 Å². The van der Waals surface area contributed by atoms with E-state index in [-0.39, 0.29) is 5.91 Å². The Labute approximate surface area is 150 Å². The topological polar surface area (TPSA) is 81.9 Å². The van der Waals surface area contributed by atoms with Crippen molar-refractivity contribution in [2.24, 2.45) is 0 Å². The Morgan fingerprint density at radius 2 is 2.08 bits per heavy atom. The van der Waals surface area contributed by atoms with E-state index < -0.39 is 0 Å². The number of hydrogen-bond acceptors (Lipinski definition) is 5. The first-order chi connectivity index (χ1) is 12.8. The van der Waals surface area contributed by atoms with Crippen LogP contribution < -0.4 is 10.2 Å². The fourth-order valence-corrected chi connectivity index (χ4v) is 3.07. The number of hydrogen-bond donors (Lipinski definition) is 1. The van der Waals surface area contributed by atoms with Crippen LogP contribution in [0.4, 0.5) is 17.2 Å². The molecule has 26 heavy (non-hydrogen) atoms. The molecule has 0 atom stereocenters. The third-order valence-corrected chi connectivity index (χ3v) is 4.32. The van der Waals surface area contributed by atoms with E-state index in [1.54, 1.807) is 47.8 Å². The summed E-state index contributed by atoms with van der Waals surface area (Å²) in [5.74, 6) is 0.477. The first kappa shape index (κ1) is 15.8. The van der Waals surface area contributed by atoms with Crippen molar-refractivity contribution in [1.29, 1.82) is 5.26 Å². The average molecular weight is 341 g/mol. The van der Waals surface area contributed by atoms with E-state index >= 15 is 0 Å². The molecule has 2 aromatic heterocycles. The largest absolute Gasteiger partial charge is 0.339 e. The van der Waals surface area contributed by atoms with E-state index in [9.17, 15) is 10.1 Å². The van der Waals surface area contributed by atoms with Gasteiger partial charge in [-0.15, -0.1) is 0 Å². The Morgan fingerprint density at radius 1 is 1.19 bits per heavy atom. The van der Waals surface area contributed by atoms with Crippen LogP contribution in [0.5, 0.6) is 0 Å². The van der Waals surface area contributed by atoms with Crippen molar-refractivity contribution in [2.75, 3.05) is 16.8 Å². The average Bonchev–Trinajstić information content (AvgIpc) is 3.12. The molecular formula is C20H15N5O. The van der Waals surface area contributed by atoms with Gasteiger partial charge in [-0.2, -0.15) is 5.26 Å². The second kappa shape index (κ2) is 6.65. The number of aromatic nitrogens is 2. The molecule has 1 aliphatic heterocycles. The maximum atomic E-state index is 12.7. The SMILES string of the molecule is N#Cc1cccnc1Nc1ccc2c(c1)CCN2C(=O)c1cccnc1. The molecule has 1 amide bonds. The van der Waals surface area contributed by atoms with Crippen molar-refractivity contribution in [3.63, 3.8) is 0 Å². The van der Waals surface area contributed by atoms with Crippen LogP contribution >= 0.6 is 0 Å². The highest BCUT2D eigenvalue weighted by molar-refractivity contribution is 6.07.